The van der Waals surface area contributed by atoms with Crippen LogP contribution in [0.3, 0.4) is 0 Å². The number of hydrogen-bond acceptors (Lipinski definition) is 4. The van der Waals surface area contributed by atoms with Crippen LogP contribution in [0.4, 0.5) is 51.2 Å². The SMILES string of the molecule is c1ccc(-c2ccc(N(c3ccc(-c4ccccc4)cc3)c3cc(N(c4ccc(-c5ccccc5)cc4)c4ccc(-c5ccccc5)cc4)cc(N(c4ccc(-c5ccccc5)cc4)c4ccc(-c5ccc6sc7ccccc7c6c5)cc4)c3)cc2)cc1. The first-order valence-corrected chi connectivity index (χ1v) is 30.8. The molecule has 0 N–H and O–H groups in total. The Balaban J connectivity index is 0.953. The first-order chi connectivity index (χ1) is 43.6. The van der Waals surface area contributed by atoms with E-state index in [-0.39, 0.29) is 0 Å². The van der Waals surface area contributed by atoms with Crippen molar-refractivity contribution in [3.05, 3.63) is 358 Å². The van der Waals surface area contributed by atoms with Crippen LogP contribution >= 0.6 is 11.3 Å². The number of anilines is 9. The number of hydrogen-bond donors (Lipinski definition) is 0. The Hall–Kier alpha value is -11.3. The summed E-state index contributed by atoms with van der Waals surface area (Å²) in [6.07, 6.45) is 0. The smallest absolute Gasteiger partial charge is 0.0503 e. The fraction of sp³-hybridized carbons (Fsp3) is 0. The van der Waals surface area contributed by atoms with Crippen molar-refractivity contribution in [2.75, 3.05) is 14.7 Å². The molecule has 0 amide bonds. The maximum absolute atomic E-state index is 2.42. The quantitative estimate of drug-likeness (QED) is 0.101. The van der Waals surface area contributed by atoms with E-state index < -0.39 is 0 Å². The average molecular weight is 1140 g/mol. The summed E-state index contributed by atoms with van der Waals surface area (Å²) >= 11 is 1.85. The Morgan fingerprint density at radius 3 is 0.648 bits per heavy atom. The van der Waals surface area contributed by atoms with Gasteiger partial charge in [-0.1, -0.05) is 249 Å². The van der Waals surface area contributed by atoms with E-state index in [9.17, 15) is 0 Å². The number of nitrogens with zero attached hydrogens (tertiary/aromatic N) is 3. The van der Waals surface area contributed by atoms with Gasteiger partial charge in [-0.25, -0.2) is 0 Å². The molecule has 0 radical (unpaired) electrons. The molecule has 0 bridgehead atoms. The summed E-state index contributed by atoms with van der Waals surface area (Å²) in [5, 5.41) is 2.58. The minimum atomic E-state index is 0.984. The van der Waals surface area contributed by atoms with E-state index in [1.165, 1.54) is 53.6 Å². The van der Waals surface area contributed by atoms with Gasteiger partial charge in [0.25, 0.3) is 0 Å². The number of thiophene rings is 1. The molecule has 1 heterocycles. The van der Waals surface area contributed by atoms with Gasteiger partial charge in [0.05, 0.1) is 17.1 Å². The van der Waals surface area contributed by atoms with Crippen molar-refractivity contribution in [2.45, 2.75) is 0 Å². The third kappa shape index (κ3) is 10.9. The van der Waals surface area contributed by atoms with Gasteiger partial charge in [-0.3, -0.25) is 0 Å². The van der Waals surface area contributed by atoms with E-state index in [2.05, 4.69) is 373 Å². The zero-order valence-electron chi connectivity index (χ0n) is 48.3. The second-order valence-electron chi connectivity index (χ2n) is 22.1. The van der Waals surface area contributed by atoms with Crippen LogP contribution in [0, 0.1) is 0 Å². The van der Waals surface area contributed by atoms with Gasteiger partial charge in [-0.2, -0.15) is 0 Å². The number of fused-ring (bicyclic) bond motifs is 3. The van der Waals surface area contributed by atoms with Crippen LogP contribution < -0.4 is 14.7 Å². The van der Waals surface area contributed by atoms with Crippen LogP contribution in [0.15, 0.2) is 358 Å². The summed E-state index contributed by atoms with van der Waals surface area (Å²) in [6, 6.07) is 130. The van der Waals surface area contributed by atoms with Gasteiger partial charge in [0, 0.05) is 54.3 Å². The highest BCUT2D eigenvalue weighted by Gasteiger charge is 2.24. The van der Waals surface area contributed by atoms with Crippen molar-refractivity contribution in [3.8, 4) is 66.8 Å². The molecule has 0 aliphatic heterocycles. The largest absolute Gasteiger partial charge is 0.310 e. The Morgan fingerprint density at radius 2 is 0.364 bits per heavy atom. The Bertz CT molecular complexity index is 4470. The summed E-state index contributed by atoms with van der Waals surface area (Å²) in [7, 11) is 0. The molecule has 4 heteroatoms. The highest BCUT2D eigenvalue weighted by atomic mass is 32.1. The lowest BCUT2D eigenvalue weighted by atomic mass is 10.0. The summed E-state index contributed by atoms with van der Waals surface area (Å²) in [5.41, 5.74) is 23.1. The zero-order valence-corrected chi connectivity index (χ0v) is 49.1. The van der Waals surface area contributed by atoms with Crippen molar-refractivity contribution < 1.29 is 0 Å². The van der Waals surface area contributed by atoms with Crippen molar-refractivity contribution in [1.29, 1.82) is 0 Å². The van der Waals surface area contributed by atoms with E-state index in [1.807, 2.05) is 11.3 Å². The standard InChI is InChI=1S/C84H59N3S/c1-6-18-60(19-7-1)65-30-43-72(44-31-65)85(73-45-32-66(33-46-73)61-20-8-2-9-21-61)78-57-79(86(74-47-34-67(35-48-74)62-22-10-3-11-23-62)75-49-36-68(37-50-75)63-24-12-4-13-25-63)59-80(58-78)87(76-51-38-69(39-52-76)64-26-14-5-15-27-64)77-53-40-70(41-54-77)71-42-55-84-82(56-71)81-28-16-17-29-83(81)88-84/h1-59H. The normalized spacial score (nSPS) is 11.2. The summed E-state index contributed by atoms with van der Waals surface area (Å²) in [4.78, 5) is 7.25. The highest BCUT2D eigenvalue weighted by molar-refractivity contribution is 7.25. The first kappa shape index (κ1) is 53.4. The first-order valence-electron chi connectivity index (χ1n) is 29.9. The van der Waals surface area contributed by atoms with E-state index in [1.54, 1.807) is 0 Å². The molecule has 14 aromatic carbocycles. The lowest BCUT2D eigenvalue weighted by Crippen LogP contribution is -2.16. The van der Waals surface area contributed by atoms with Gasteiger partial charge in [-0.05, 0) is 176 Å². The van der Waals surface area contributed by atoms with E-state index in [4.69, 9.17) is 0 Å². The van der Waals surface area contributed by atoms with Gasteiger partial charge in [-0.15, -0.1) is 11.3 Å². The van der Waals surface area contributed by atoms with E-state index in [0.29, 0.717) is 0 Å². The lowest BCUT2D eigenvalue weighted by Gasteiger charge is -2.33. The van der Waals surface area contributed by atoms with Crippen molar-refractivity contribution in [3.63, 3.8) is 0 Å². The second kappa shape index (κ2) is 24.0. The third-order valence-electron chi connectivity index (χ3n) is 16.7. The maximum atomic E-state index is 2.42. The van der Waals surface area contributed by atoms with Gasteiger partial charge >= 0.3 is 0 Å². The summed E-state index contributed by atoms with van der Waals surface area (Å²) in [6.45, 7) is 0. The van der Waals surface area contributed by atoms with Gasteiger partial charge < -0.3 is 14.7 Å². The Labute approximate surface area is 518 Å². The van der Waals surface area contributed by atoms with Crippen LogP contribution in [0.25, 0.3) is 86.9 Å². The van der Waals surface area contributed by atoms with Crippen LogP contribution in [0.5, 0.6) is 0 Å². The minimum Gasteiger partial charge on any atom is -0.310 e. The predicted octanol–water partition coefficient (Wildman–Crippen LogP) is 24.5. The van der Waals surface area contributed by atoms with Crippen LogP contribution in [-0.2, 0) is 0 Å². The van der Waals surface area contributed by atoms with Crippen molar-refractivity contribution in [1.82, 2.24) is 0 Å². The molecular formula is C84H59N3S. The molecule has 15 aromatic rings. The van der Waals surface area contributed by atoms with Gasteiger partial charge in [0.2, 0.25) is 0 Å². The van der Waals surface area contributed by atoms with Crippen LogP contribution in [-0.4, -0.2) is 0 Å². The molecular weight excluding hydrogens is 1080 g/mol. The number of rotatable bonds is 15. The Kier molecular flexibility index (Phi) is 14.6. The fourth-order valence-corrected chi connectivity index (χ4v) is 13.3. The second-order valence-corrected chi connectivity index (χ2v) is 23.2. The molecule has 88 heavy (non-hydrogen) atoms. The zero-order chi connectivity index (χ0) is 58.6. The highest BCUT2D eigenvalue weighted by Crippen LogP contribution is 2.48. The third-order valence-corrected chi connectivity index (χ3v) is 17.8. The number of benzene rings is 14. The van der Waals surface area contributed by atoms with Gasteiger partial charge in [0.15, 0.2) is 0 Å². The van der Waals surface area contributed by atoms with Crippen LogP contribution in [0.1, 0.15) is 0 Å². The lowest BCUT2D eigenvalue weighted by molar-refractivity contribution is 1.22. The molecule has 0 aliphatic carbocycles. The Morgan fingerprint density at radius 1 is 0.148 bits per heavy atom. The van der Waals surface area contributed by atoms with E-state index >= 15 is 0 Å². The van der Waals surface area contributed by atoms with Gasteiger partial charge in [0.1, 0.15) is 0 Å². The molecule has 0 fully saturated rings. The van der Waals surface area contributed by atoms with E-state index in [0.717, 1.165) is 84.6 Å². The molecule has 3 nitrogen and oxygen atoms in total. The molecule has 0 saturated carbocycles. The van der Waals surface area contributed by atoms with Crippen molar-refractivity contribution >= 4 is 82.7 Å². The van der Waals surface area contributed by atoms with Crippen LogP contribution in [0.2, 0.25) is 0 Å². The molecule has 416 valence electrons. The fourth-order valence-electron chi connectivity index (χ4n) is 12.2. The van der Waals surface area contributed by atoms with Crippen molar-refractivity contribution in [2.24, 2.45) is 0 Å². The summed E-state index contributed by atoms with van der Waals surface area (Å²) < 4.78 is 2.60. The molecule has 0 aliphatic rings. The maximum Gasteiger partial charge on any atom is 0.0503 e. The molecule has 0 atom stereocenters. The summed E-state index contributed by atoms with van der Waals surface area (Å²) in [5.74, 6) is 0. The molecule has 1 aromatic heterocycles. The topological polar surface area (TPSA) is 9.72 Å². The monoisotopic (exact) mass is 1140 g/mol. The minimum absolute atomic E-state index is 0.984. The predicted molar refractivity (Wildman–Crippen MR) is 376 cm³/mol. The molecule has 0 saturated heterocycles. The molecule has 0 unspecified atom stereocenters. The molecule has 0 spiro atoms. The molecule has 15 rings (SSSR count). The average Bonchev–Trinajstić information content (AvgIpc) is 2.94.